The van der Waals surface area contributed by atoms with Crippen molar-refractivity contribution in [3.63, 3.8) is 0 Å². The van der Waals surface area contributed by atoms with Crippen LogP contribution >= 0.6 is 0 Å². The van der Waals surface area contributed by atoms with E-state index in [2.05, 4.69) is 6.07 Å². The maximum atomic E-state index is 13.8. The van der Waals surface area contributed by atoms with E-state index in [-0.39, 0.29) is 41.3 Å². The number of hydrogen-bond acceptors (Lipinski definition) is 6. The lowest BCUT2D eigenvalue weighted by Crippen LogP contribution is -2.50. The van der Waals surface area contributed by atoms with E-state index in [0.29, 0.717) is 47.9 Å². The van der Waals surface area contributed by atoms with E-state index in [0.717, 1.165) is 21.9 Å². The van der Waals surface area contributed by atoms with Crippen molar-refractivity contribution in [1.29, 1.82) is 0 Å². The minimum Gasteiger partial charge on any atom is -0.457 e. The van der Waals surface area contributed by atoms with Gasteiger partial charge in [0.1, 0.15) is 6.10 Å². The lowest BCUT2D eigenvalue weighted by molar-refractivity contribution is -0.258. The minimum absolute atomic E-state index is 0.0640. The third-order valence-corrected chi connectivity index (χ3v) is 8.87. The molecule has 7 heteroatoms. The lowest BCUT2D eigenvalue weighted by Gasteiger charge is -2.48. The third kappa shape index (κ3) is 3.50. The molecule has 0 saturated carbocycles. The molecule has 4 aromatic rings. The molecule has 0 aromatic heterocycles. The predicted molar refractivity (Wildman–Crippen MR) is 153 cm³/mol. The second-order valence-electron chi connectivity index (χ2n) is 11.3. The molecule has 206 valence electrons. The van der Waals surface area contributed by atoms with Crippen molar-refractivity contribution in [1.82, 2.24) is 4.90 Å². The number of nitrogens with zero attached hydrogens (tertiary/aromatic N) is 1. The monoisotopic (exact) mass is 555 g/mol. The Balaban J connectivity index is 1.13. The predicted octanol–water partition coefficient (Wildman–Crippen LogP) is 5.98. The topological polar surface area (TPSA) is 90.0 Å². The van der Waals surface area contributed by atoms with Crippen molar-refractivity contribution in [3.8, 4) is 0 Å². The van der Waals surface area contributed by atoms with Crippen LogP contribution in [0.3, 0.4) is 0 Å². The Morgan fingerprint density at radius 2 is 1.36 bits per heavy atom. The van der Waals surface area contributed by atoms with Gasteiger partial charge in [-0.3, -0.25) is 24.1 Å². The fourth-order valence-corrected chi connectivity index (χ4v) is 6.86. The van der Waals surface area contributed by atoms with E-state index >= 15 is 0 Å². The lowest BCUT2D eigenvalue weighted by atomic mass is 9.77. The number of hydrogen-bond donors (Lipinski definition) is 0. The molecule has 42 heavy (non-hydrogen) atoms. The fourth-order valence-electron chi connectivity index (χ4n) is 6.86. The Hall–Kier alpha value is -4.88. The van der Waals surface area contributed by atoms with Crippen LogP contribution in [0, 0.1) is 0 Å². The molecule has 3 aliphatic heterocycles. The summed E-state index contributed by atoms with van der Waals surface area (Å²) in [7, 11) is 0. The van der Waals surface area contributed by atoms with E-state index in [1.165, 1.54) is 4.90 Å². The Kier molecular flexibility index (Phi) is 5.37. The second kappa shape index (κ2) is 9.06. The third-order valence-electron chi connectivity index (χ3n) is 8.87. The van der Waals surface area contributed by atoms with E-state index in [1.54, 1.807) is 48.5 Å². The molecule has 3 heterocycles. The highest BCUT2D eigenvalue weighted by atomic mass is 16.7. The molecule has 2 amide bonds. The number of unbranched alkanes of at least 4 members (excludes halogenated alkanes) is 1. The van der Waals surface area contributed by atoms with E-state index in [9.17, 15) is 19.2 Å². The van der Waals surface area contributed by atoms with Crippen molar-refractivity contribution >= 4 is 34.2 Å². The molecule has 2 bridgehead atoms. The van der Waals surface area contributed by atoms with Crippen molar-refractivity contribution in [2.75, 3.05) is 6.54 Å². The Morgan fingerprint density at radius 3 is 2.10 bits per heavy atom. The summed E-state index contributed by atoms with van der Waals surface area (Å²) in [4.78, 5) is 54.5. The van der Waals surface area contributed by atoms with Crippen LogP contribution in [0.5, 0.6) is 0 Å². The van der Waals surface area contributed by atoms with Gasteiger partial charge in [0.05, 0.1) is 16.7 Å². The standard InChI is InChI=1S/C35H25NO6/c37-29-22-11-3-4-12-23(22)30(38)32-28(29)31-24-16-15-20-9-1-2-10-21(20)27(24)19-35(41-31,42-32)17-7-8-18-36-33(39)25-13-5-6-14-26(25)34(36)40/h1-6,9-16,31H,7-8,17-19H2/t31?,35-/m0/s1. The molecule has 7 nitrogen and oxygen atoms in total. The van der Waals surface area contributed by atoms with Crippen LogP contribution < -0.4 is 0 Å². The normalized spacial score (nSPS) is 22.1. The van der Waals surface area contributed by atoms with E-state index < -0.39 is 11.9 Å². The van der Waals surface area contributed by atoms with Gasteiger partial charge in [0.15, 0.2) is 11.5 Å². The van der Waals surface area contributed by atoms with Gasteiger partial charge in [-0.05, 0) is 46.9 Å². The highest BCUT2D eigenvalue weighted by molar-refractivity contribution is 6.26. The zero-order chi connectivity index (χ0) is 28.6. The van der Waals surface area contributed by atoms with Crippen molar-refractivity contribution in [2.24, 2.45) is 0 Å². The summed E-state index contributed by atoms with van der Waals surface area (Å²) in [6.45, 7) is 0.268. The molecule has 1 aliphatic carbocycles. The molecular weight excluding hydrogens is 530 g/mol. The number of carbonyl (C=O) groups excluding carboxylic acids is 4. The smallest absolute Gasteiger partial charge is 0.261 e. The highest BCUT2D eigenvalue weighted by Gasteiger charge is 2.53. The molecule has 1 unspecified atom stereocenters. The molecule has 0 saturated heterocycles. The first-order valence-corrected chi connectivity index (χ1v) is 14.2. The first kappa shape index (κ1) is 24.9. The number of ether oxygens (including phenoxy) is 2. The summed E-state index contributed by atoms with van der Waals surface area (Å²) in [5.41, 5.74) is 3.70. The van der Waals surface area contributed by atoms with E-state index in [4.69, 9.17) is 9.47 Å². The summed E-state index contributed by atoms with van der Waals surface area (Å²) in [6, 6.07) is 25.8. The van der Waals surface area contributed by atoms with Gasteiger partial charge in [-0.25, -0.2) is 0 Å². The number of ketones is 2. The number of carbonyl (C=O) groups is 4. The molecule has 0 fully saturated rings. The molecule has 0 N–H and O–H groups in total. The molecule has 4 aromatic carbocycles. The number of benzene rings is 4. The SMILES string of the molecule is O=C1C2=C(C(=O)c3ccccc31)C1O[C@](CCCCN3C(=O)c4ccccc4C3=O)(Cc3c1ccc1ccccc31)O2. The van der Waals surface area contributed by atoms with Crippen molar-refractivity contribution < 1.29 is 28.7 Å². The van der Waals surface area contributed by atoms with Gasteiger partial charge in [-0.15, -0.1) is 0 Å². The highest BCUT2D eigenvalue weighted by Crippen LogP contribution is 2.52. The van der Waals surface area contributed by atoms with Crippen molar-refractivity contribution in [2.45, 2.75) is 37.6 Å². The summed E-state index contributed by atoms with van der Waals surface area (Å²) < 4.78 is 13.2. The first-order chi connectivity index (χ1) is 20.5. The largest absolute Gasteiger partial charge is 0.457 e. The maximum Gasteiger partial charge on any atom is 0.261 e. The van der Waals surface area contributed by atoms with Crippen molar-refractivity contribution in [3.05, 3.63) is 130 Å². The first-order valence-electron chi connectivity index (χ1n) is 14.2. The van der Waals surface area contributed by atoms with Crippen LogP contribution in [0.15, 0.2) is 96.3 Å². The zero-order valence-electron chi connectivity index (χ0n) is 22.6. The molecule has 2 atom stereocenters. The van der Waals surface area contributed by atoms with Crippen LogP contribution in [0.4, 0.5) is 0 Å². The Labute approximate surface area is 241 Å². The van der Waals surface area contributed by atoms with Crippen LogP contribution in [-0.2, 0) is 15.9 Å². The quantitative estimate of drug-likeness (QED) is 0.222. The van der Waals surface area contributed by atoms with Gasteiger partial charge in [-0.1, -0.05) is 72.8 Å². The second-order valence-corrected chi connectivity index (χ2v) is 11.3. The number of allylic oxidation sites excluding steroid dienone is 1. The number of imide groups is 1. The van der Waals surface area contributed by atoms with Gasteiger partial charge < -0.3 is 9.47 Å². The minimum atomic E-state index is -1.18. The zero-order valence-corrected chi connectivity index (χ0v) is 22.6. The average Bonchev–Trinajstić information content (AvgIpc) is 3.26. The van der Waals surface area contributed by atoms with Crippen LogP contribution in [0.2, 0.25) is 0 Å². The van der Waals surface area contributed by atoms with Gasteiger partial charge in [0.25, 0.3) is 11.8 Å². The summed E-state index contributed by atoms with van der Waals surface area (Å²) in [5, 5.41) is 2.13. The molecule has 8 rings (SSSR count). The van der Waals surface area contributed by atoms with Gasteiger partial charge >= 0.3 is 0 Å². The van der Waals surface area contributed by atoms with E-state index in [1.807, 2.05) is 30.3 Å². The van der Waals surface area contributed by atoms with Gasteiger partial charge in [0, 0.05) is 30.5 Å². The summed E-state index contributed by atoms with van der Waals surface area (Å²) in [5.74, 6) is -2.24. The molecule has 0 radical (unpaired) electrons. The fraction of sp³-hybridized carbons (Fsp3) is 0.200. The summed E-state index contributed by atoms with van der Waals surface area (Å²) in [6.07, 6.45) is 1.17. The number of Topliss-reactive ketones (excluding diaryl/α,β-unsaturated/α-hetero) is 2. The average molecular weight is 556 g/mol. The number of amides is 2. The van der Waals surface area contributed by atoms with Crippen LogP contribution in [0.25, 0.3) is 10.8 Å². The molecule has 0 spiro atoms. The summed E-state index contributed by atoms with van der Waals surface area (Å²) >= 11 is 0. The van der Waals surface area contributed by atoms with Crippen LogP contribution in [0.1, 0.15) is 77.9 Å². The molecular formula is C35H25NO6. The number of fused-ring (bicyclic) bond motifs is 9. The van der Waals surface area contributed by atoms with Gasteiger partial charge in [-0.2, -0.15) is 0 Å². The maximum absolute atomic E-state index is 13.8. The Bertz CT molecular complexity index is 1890. The van der Waals surface area contributed by atoms with Crippen LogP contribution in [-0.4, -0.2) is 40.6 Å². The number of rotatable bonds is 5. The molecule has 4 aliphatic rings. The van der Waals surface area contributed by atoms with Gasteiger partial charge in [0.2, 0.25) is 11.6 Å². The Morgan fingerprint density at radius 1 is 0.714 bits per heavy atom.